The fourth-order valence-corrected chi connectivity index (χ4v) is 4.35. The number of anilines is 1. The third kappa shape index (κ3) is 3.73. The van der Waals surface area contributed by atoms with Gasteiger partial charge in [-0.25, -0.2) is 13.1 Å². The predicted molar refractivity (Wildman–Crippen MR) is 88.9 cm³/mol. The smallest absolute Gasteiger partial charge is 0.240 e. The number of sulfonamides is 1. The third-order valence-electron chi connectivity index (χ3n) is 4.59. The van der Waals surface area contributed by atoms with Gasteiger partial charge in [0.2, 0.25) is 15.9 Å². The zero-order chi connectivity index (χ0) is 16.4. The number of carbonyl (C=O) groups is 1. The minimum absolute atomic E-state index is 0.0961. The number of nitrogens with zero attached hydrogens (tertiary/aromatic N) is 1. The lowest BCUT2D eigenvalue weighted by atomic mass is 10.1. The maximum Gasteiger partial charge on any atom is 0.240 e. The first kappa shape index (κ1) is 16.4. The van der Waals surface area contributed by atoms with Gasteiger partial charge in [0.15, 0.2) is 0 Å². The number of amides is 1. The Morgan fingerprint density at radius 1 is 1.26 bits per heavy atom. The van der Waals surface area contributed by atoms with Crippen LogP contribution >= 0.6 is 0 Å². The molecule has 2 N–H and O–H groups in total. The Morgan fingerprint density at radius 2 is 2.00 bits per heavy atom. The minimum atomic E-state index is -3.55. The van der Waals surface area contributed by atoms with Crippen LogP contribution in [0.25, 0.3) is 0 Å². The summed E-state index contributed by atoms with van der Waals surface area (Å²) in [5.41, 5.74) is 1.44. The van der Waals surface area contributed by atoms with Crippen molar-refractivity contribution in [3.8, 4) is 0 Å². The molecule has 1 fully saturated rings. The van der Waals surface area contributed by atoms with Crippen LogP contribution in [0.5, 0.6) is 0 Å². The number of likely N-dealkylation sites (tertiary alicyclic amines) is 1. The normalized spacial score (nSPS) is 20.1. The summed E-state index contributed by atoms with van der Waals surface area (Å²) in [6, 6.07) is 4.96. The van der Waals surface area contributed by atoms with Crippen LogP contribution in [0.4, 0.5) is 5.69 Å². The van der Waals surface area contributed by atoms with Crippen molar-refractivity contribution in [2.75, 3.05) is 25.0 Å². The number of carbonyl (C=O) groups excluding carboxylic acids is 1. The van der Waals surface area contributed by atoms with Gasteiger partial charge < -0.3 is 5.32 Å². The molecule has 1 atom stereocenters. The Balaban J connectivity index is 1.65. The number of piperidine rings is 1. The van der Waals surface area contributed by atoms with Crippen molar-refractivity contribution >= 4 is 21.6 Å². The fourth-order valence-electron chi connectivity index (χ4n) is 3.17. The fraction of sp³-hybridized carbons (Fsp3) is 0.562. The Morgan fingerprint density at radius 3 is 2.74 bits per heavy atom. The van der Waals surface area contributed by atoms with Gasteiger partial charge in [-0.15, -0.1) is 0 Å². The second-order valence-electron chi connectivity index (χ2n) is 6.34. The molecule has 0 saturated carbocycles. The van der Waals surface area contributed by atoms with Crippen molar-refractivity contribution in [1.29, 1.82) is 0 Å². The highest BCUT2D eigenvalue weighted by atomic mass is 32.2. The first-order chi connectivity index (χ1) is 11.0. The van der Waals surface area contributed by atoms with E-state index in [1.54, 1.807) is 18.2 Å². The molecule has 126 valence electrons. The van der Waals surface area contributed by atoms with Gasteiger partial charge in [0.05, 0.1) is 11.3 Å². The van der Waals surface area contributed by atoms with Gasteiger partial charge in [-0.3, -0.25) is 9.69 Å². The van der Waals surface area contributed by atoms with Gasteiger partial charge in [0.25, 0.3) is 0 Å². The van der Waals surface area contributed by atoms with Crippen molar-refractivity contribution in [2.24, 2.45) is 0 Å². The second-order valence-corrected chi connectivity index (χ2v) is 8.11. The number of hydrogen-bond acceptors (Lipinski definition) is 4. The van der Waals surface area contributed by atoms with Crippen LogP contribution in [0.2, 0.25) is 0 Å². The lowest BCUT2D eigenvalue weighted by Crippen LogP contribution is -2.44. The quantitative estimate of drug-likeness (QED) is 0.850. The van der Waals surface area contributed by atoms with Crippen molar-refractivity contribution < 1.29 is 13.2 Å². The summed E-state index contributed by atoms with van der Waals surface area (Å²) in [5.74, 6) is -0.0961. The average Bonchev–Trinajstić information content (AvgIpc) is 2.92. The molecule has 23 heavy (non-hydrogen) atoms. The van der Waals surface area contributed by atoms with Gasteiger partial charge in [-0.1, -0.05) is 6.42 Å². The molecule has 0 radical (unpaired) electrons. The molecule has 1 amide bonds. The largest absolute Gasteiger partial charge is 0.326 e. The highest BCUT2D eigenvalue weighted by molar-refractivity contribution is 7.89. The molecule has 0 aromatic heterocycles. The SMILES string of the molecule is CC(CNS(=O)(=O)c1ccc2c(c1)CC(=O)N2)N1CCCCC1. The first-order valence-corrected chi connectivity index (χ1v) is 9.60. The summed E-state index contributed by atoms with van der Waals surface area (Å²) in [7, 11) is -3.55. The van der Waals surface area contributed by atoms with Crippen LogP contribution in [-0.4, -0.2) is 44.9 Å². The molecule has 1 saturated heterocycles. The molecule has 1 unspecified atom stereocenters. The molecule has 1 aromatic carbocycles. The van der Waals surface area contributed by atoms with E-state index in [-0.39, 0.29) is 23.3 Å². The van der Waals surface area contributed by atoms with Crippen LogP contribution in [0, 0.1) is 0 Å². The van der Waals surface area contributed by atoms with E-state index < -0.39 is 10.0 Å². The topological polar surface area (TPSA) is 78.5 Å². The Bertz CT molecular complexity index is 697. The van der Waals surface area contributed by atoms with Crippen molar-refractivity contribution in [1.82, 2.24) is 9.62 Å². The number of nitrogens with one attached hydrogen (secondary N) is 2. The van der Waals surface area contributed by atoms with Gasteiger partial charge >= 0.3 is 0 Å². The average molecular weight is 337 g/mol. The monoisotopic (exact) mass is 337 g/mol. The Labute approximate surface area is 137 Å². The summed E-state index contributed by atoms with van der Waals surface area (Å²) >= 11 is 0. The summed E-state index contributed by atoms with van der Waals surface area (Å²) in [4.78, 5) is 13.9. The van der Waals surface area contributed by atoms with Crippen molar-refractivity contribution in [2.45, 2.75) is 43.5 Å². The highest BCUT2D eigenvalue weighted by Gasteiger charge is 2.23. The van der Waals surface area contributed by atoms with Crippen LogP contribution in [0.3, 0.4) is 0 Å². The maximum absolute atomic E-state index is 12.5. The van der Waals surface area contributed by atoms with Crippen LogP contribution in [0.15, 0.2) is 23.1 Å². The van der Waals surface area contributed by atoms with Gasteiger partial charge in [0.1, 0.15) is 0 Å². The molecular formula is C16H23N3O3S. The van der Waals surface area contributed by atoms with Gasteiger partial charge in [-0.05, 0) is 56.6 Å². The van der Waals surface area contributed by atoms with Crippen LogP contribution in [-0.2, 0) is 21.2 Å². The molecule has 2 aliphatic rings. The van der Waals surface area contributed by atoms with Crippen molar-refractivity contribution in [3.63, 3.8) is 0 Å². The van der Waals surface area contributed by atoms with E-state index in [0.29, 0.717) is 12.2 Å². The Hall–Kier alpha value is -1.44. The molecule has 2 aliphatic heterocycles. The third-order valence-corrected chi connectivity index (χ3v) is 6.02. The molecular weight excluding hydrogens is 314 g/mol. The Kier molecular flexibility index (Phi) is 4.70. The predicted octanol–water partition coefficient (Wildman–Crippen LogP) is 1.33. The van der Waals surface area contributed by atoms with Gasteiger partial charge in [-0.2, -0.15) is 0 Å². The number of fused-ring (bicyclic) bond motifs is 1. The van der Waals surface area contributed by atoms with E-state index in [4.69, 9.17) is 0 Å². The van der Waals surface area contributed by atoms with E-state index in [1.165, 1.54) is 19.3 Å². The van der Waals surface area contributed by atoms with Gasteiger partial charge in [0, 0.05) is 18.3 Å². The lowest BCUT2D eigenvalue weighted by Gasteiger charge is -2.32. The summed E-state index contributed by atoms with van der Waals surface area (Å²) in [5, 5.41) is 2.71. The second kappa shape index (κ2) is 6.59. The zero-order valence-electron chi connectivity index (χ0n) is 13.3. The molecule has 2 heterocycles. The van der Waals surface area contributed by atoms with Crippen LogP contribution < -0.4 is 10.0 Å². The lowest BCUT2D eigenvalue weighted by molar-refractivity contribution is -0.115. The van der Waals surface area contributed by atoms with Crippen molar-refractivity contribution in [3.05, 3.63) is 23.8 Å². The number of benzene rings is 1. The summed E-state index contributed by atoms with van der Waals surface area (Å²) in [6.07, 6.45) is 3.87. The zero-order valence-corrected chi connectivity index (χ0v) is 14.2. The molecule has 7 heteroatoms. The van der Waals surface area contributed by atoms with E-state index >= 15 is 0 Å². The van der Waals surface area contributed by atoms with E-state index in [1.807, 2.05) is 0 Å². The minimum Gasteiger partial charge on any atom is -0.326 e. The molecule has 0 bridgehead atoms. The van der Waals surface area contributed by atoms with E-state index in [2.05, 4.69) is 21.9 Å². The maximum atomic E-state index is 12.5. The van der Waals surface area contributed by atoms with E-state index in [0.717, 1.165) is 18.7 Å². The van der Waals surface area contributed by atoms with Crippen LogP contribution in [0.1, 0.15) is 31.7 Å². The standard InChI is InChI=1S/C16H23N3O3S/c1-12(19-7-3-2-4-8-19)11-17-23(21,22)14-5-6-15-13(9-14)10-16(20)18-15/h5-6,9,12,17H,2-4,7-8,10-11H2,1H3,(H,18,20). The first-order valence-electron chi connectivity index (χ1n) is 8.12. The molecule has 0 aliphatic carbocycles. The molecule has 3 rings (SSSR count). The summed E-state index contributed by atoms with van der Waals surface area (Å²) < 4.78 is 27.6. The number of rotatable bonds is 5. The number of hydrogen-bond donors (Lipinski definition) is 2. The summed E-state index contributed by atoms with van der Waals surface area (Å²) in [6.45, 7) is 4.53. The molecule has 6 nitrogen and oxygen atoms in total. The highest BCUT2D eigenvalue weighted by Crippen LogP contribution is 2.25. The van der Waals surface area contributed by atoms with E-state index in [9.17, 15) is 13.2 Å². The molecule has 1 aromatic rings. The molecule has 0 spiro atoms.